The van der Waals surface area contributed by atoms with Crippen molar-refractivity contribution in [2.75, 3.05) is 0 Å². The zero-order valence-corrected chi connectivity index (χ0v) is 15.0. The van der Waals surface area contributed by atoms with E-state index in [9.17, 15) is 0 Å². The molecule has 0 radical (unpaired) electrons. The molecule has 0 aliphatic rings. The molecular formula is C15H17Br2NS. The van der Waals surface area contributed by atoms with Gasteiger partial charge < -0.3 is 5.32 Å². The Labute approximate surface area is 135 Å². The summed E-state index contributed by atoms with van der Waals surface area (Å²) in [6.07, 6.45) is 1.08. The van der Waals surface area contributed by atoms with Crippen LogP contribution < -0.4 is 5.32 Å². The van der Waals surface area contributed by atoms with Crippen LogP contribution in [-0.2, 0) is 6.42 Å². The van der Waals surface area contributed by atoms with Gasteiger partial charge in [-0.05, 0) is 49.4 Å². The molecule has 1 nitrogen and oxygen atoms in total. The van der Waals surface area contributed by atoms with E-state index in [0.29, 0.717) is 12.1 Å². The first kappa shape index (κ1) is 15.2. The van der Waals surface area contributed by atoms with Crippen LogP contribution in [0, 0.1) is 0 Å². The lowest BCUT2D eigenvalue weighted by molar-refractivity contribution is 0.478. The van der Waals surface area contributed by atoms with Crippen molar-refractivity contribution in [2.45, 2.75) is 32.4 Å². The molecule has 4 heteroatoms. The first-order chi connectivity index (χ1) is 9.06. The Hall–Kier alpha value is -0.160. The predicted octanol–water partition coefficient (Wildman–Crippen LogP) is 5.55. The van der Waals surface area contributed by atoms with E-state index in [1.54, 1.807) is 0 Å². The van der Waals surface area contributed by atoms with Crippen molar-refractivity contribution in [1.29, 1.82) is 0 Å². The molecule has 0 spiro atoms. The average molecular weight is 403 g/mol. The maximum atomic E-state index is 3.66. The van der Waals surface area contributed by atoms with Crippen LogP contribution in [0.5, 0.6) is 0 Å². The van der Waals surface area contributed by atoms with Crippen LogP contribution in [0.4, 0.5) is 0 Å². The minimum Gasteiger partial charge on any atom is -0.307 e. The van der Waals surface area contributed by atoms with Crippen molar-refractivity contribution < 1.29 is 0 Å². The number of rotatable bonds is 5. The first-order valence-corrected chi connectivity index (χ1v) is 8.76. The maximum Gasteiger partial charge on any atom is 0.0305 e. The molecule has 19 heavy (non-hydrogen) atoms. The predicted molar refractivity (Wildman–Crippen MR) is 90.9 cm³/mol. The van der Waals surface area contributed by atoms with Gasteiger partial charge in [-0.3, -0.25) is 0 Å². The summed E-state index contributed by atoms with van der Waals surface area (Å²) >= 11 is 8.94. The molecule has 0 saturated heterocycles. The quantitative estimate of drug-likeness (QED) is 0.690. The molecule has 0 saturated carbocycles. The number of hydrogen-bond acceptors (Lipinski definition) is 2. The van der Waals surface area contributed by atoms with E-state index in [1.807, 2.05) is 11.3 Å². The van der Waals surface area contributed by atoms with Crippen molar-refractivity contribution >= 4 is 43.2 Å². The van der Waals surface area contributed by atoms with Gasteiger partial charge in [-0.15, -0.1) is 11.3 Å². The van der Waals surface area contributed by atoms with E-state index in [1.165, 1.54) is 10.4 Å². The van der Waals surface area contributed by atoms with Crippen LogP contribution >= 0.6 is 43.2 Å². The van der Waals surface area contributed by atoms with E-state index in [-0.39, 0.29) is 0 Å². The van der Waals surface area contributed by atoms with Crippen LogP contribution in [0.25, 0.3) is 0 Å². The van der Waals surface area contributed by atoms with Gasteiger partial charge in [0.1, 0.15) is 0 Å². The highest BCUT2D eigenvalue weighted by Gasteiger charge is 2.13. The van der Waals surface area contributed by atoms with E-state index >= 15 is 0 Å². The molecule has 2 aromatic rings. The lowest BCUT2D eigenvalue weighted by Crippen LogP contribution is -2.30. The van der Waals surface area contributed by atoms with Gasteiger partial charge in [0, 0.05) is 25.9 Å². The molecule has 102 valence electrons. The highest BCUT2D eigenvalue weighted by atomic mass is 79.9. The molecular weight excluding hydrogens is 386 g/mol. The number of thiophene rings is 1. The Balaban J connectivity index is 1.98. The van der Waals surface area contributed by atoms with Gasteiger partial charge >= 0.3 is 0 Å². The van der Waals surface area contributed by atoms with Crippen molar-refractivity contribution in [3.05, 3.63) is 55.1 Å². The highest BCUT2D eigenvalue weighted by Crippen LogP contribution is 2.27. The summed E-state index contributed by atoms with van der Waals surface area (Å²) in [7, 11) is 0. The van der Waals surface area contributed by atoms with Crippen LogP contribution in [0.1, 0.15) is 30.3 Å². The third kappa shape index (κ3) is 4.42. The molecule has 0 amide bonds. The van der Waals surface area contributed by atoms with E-state index in [0.717, 1.165) is 15.4 Å². The summed E-state index contributed by atoms with van der Waals surface area (Å²) in [6.45, 7) is 4.45. The Morgan fingerprint density at radius 2 is 2.00 bits per heavy atom. The van der Waals surface area contributed by atoms with Gasteiger partial charge in [0.25, 0.3) is 0 Å². The van der Waals surface area contributed by atoms with Crippen LogP contribution in [-0.4, -0.2) is 6.04 Å². The number of halogens is 2. The number of nitrogens with one attached hydrogen (secondary N) is 1. The van der Waals surface area contributed by atoms with E-state index < -0.39 is 0 Å². The number of hydrogen-bond donors (Lipinski definition) is 1. The van der Waals surface area contributed by atoms with E-state index in [2.05, 4.69) is 86.7 Å². The normalized spacial score (nSPS) is 14.3. The Bertz CT molecular complexity index is 525. The van der Waals surface area contributed by atoms with Crippen molar-refractivity contribution in [2.24, 2.45) is 0 Å². The minimum atomic E-state index is 0.331. The van der Waals surface area contributed by atoms with Gasteiger partial charge in [-0.2, -0.15) is 0 Å². The van der Waals surface area contributed by atoms with Crippen molar-refractivity contribution in [1.82, 2.24) is 5.32 Å². The van der Waals surface area contributed by atoms with Gasteiger partial charge in [0.05, 0.1) is 0 Å². The van der Waals surface area contributed by atoms with Crippen LogP contribution in [0.2, 0.25) is 0 Å². The molecule has 1 N–H and O–H groups in total. The molecule has 2 rings (SSSR count). The Morgan fingerprint density at radius 1 is 1.21 bits per heavy atom. The molecule has 0 aliphatic carbocycles. The maximum absolute atomic E-state index is 3.66. The topological polar surface area (TPSA) is 12.0 Å². The molecule has 1 heterocycles. The minimum absolute atomic E-state index is 0.331. The highest BCUT2D eigenvalue weighted by molar-refractivity contribution is 9.11. The van der Waals surface area contributed by atoms with Crippen molar-refractivity contribution in [3.63, 3.8) is 0 Å². The largest absolute Gasteiger partial charge is 0.307 e. The second-order valence-electron chi connectivity index (χ2n) is 4.74. The molecule has 1 aromatic heterocycles. The van der Waals surface area contributed by atoms with E-state index in [4.69, 9.17) is 0 Å². The van der Waals surface area contributed by atoms with Gasteiger partial charge in [0.2, 0.25) is 0 Å². The summed E-state index contributed by atoms with van der Waals surface area (Å²) in [5.74, 6) is 0. The van der Waals surface area contributed by atoms with Gasteiger partial charge in [0.15, 0.2) is 0 Å². The zero-order valence-electron chi connectivity index (χ0n) is 11.0. The van der Waals surface area contributed by atoms with Crippen molar-refractivity contribution in [3.8, 4) is 0 Å². The number of benzene rings is 1. The monoisotopic (exact) mass is 401 g/mol. The lowest BCUT2D eigenvalue weighted by Gasteiger charge is -2.21. The molecule has 0 bridgehead atoms. The summed E-state index contributed by atoms with van der Waals surface area (Å²) in [6, 6.07) is 11.4. The second-order valence-corrected chi connectivity index (χ2v) is 7.54. The molecule has 0 aliphatic heterocycles. The zero-order chi connectivity index (χ0) is 13.8. The molecule has 2 unspecified atom stereocenters. The summed E-state index contributed by atoms with van der Waals surface area (Å²) in [4.78, 5) is 1.43. The third-order valence-corrected chi connectivity index (χ3v) is 5.13. The van der Waals surface area contributed by atoms with Gasteiger partial charge in [-0.25, -0.2) is 0 Å². The van der Waals surface area contributed by atoms with Gasteiger partial charge in [-0.1, -0.05) is 44.0 Å². The Morgan fingerprint density at radius 3 is 2.63 bits per heavy atom. The molecule has 1 aromatic carbocycles. The summed E-state index contributed by atoms with van der Waals surface area (Å²) < 4.78 is 2.24. The Kier molecular flexibility index (Phi) is 5.63. The van der Waals surface area contributed by atoms with Crippen LogP contribution in [0.3, 0.4) is 0 Å². The average Bonchev–Trinajstić information content (AvgIpc) is 2.81. The fourth-order valence-electron chi connectivity index (χ4n) is 2.16. The summed E-state index contributed by atoms with van der Waals surface area (Å²) in [5, 5.41) is 5.79. The lowest BCUT2D eigenvalue weighted by atomic mass is 10.1. The fraction of sp³-hybridized carbons (Fsp3) is 0.333. The molecule has 2 atom stereocenters. The fourth-order valence-corrected chi connectivity index (χ4v) is 4.38. The summed E-state index contributed by atoms with van der Waals surface area (Å²) in [5.41, 5.74) is 1.29. The SMILES string of the molecule is CC(Cc1cccs1)NC(C)c1ccc(Br)cc1Br. The third-order valence-electron chi connectivity index (χ3n) is 3.05. The smallest absolute Gasteiger partial charge is 0.0305 e. The molecule has 0 fully saturated rings. The second kappa shape index (κ2) is 7.02. The standard InChI is InChI=1S/C15H17Br2NS/c1-10(8-13-4-3-7-19-13)18-11(2)14-6-5-12(16)9-15(14)17/h3-7,9-11,18H,8H2,1-2H3. The first-order valence-electron chi connectivity index (χ1n) is 6.29. The van der Waals surface area contributed by atoms with Crippen LogP contribution in [0.15, 0.2) is 44.7 Å².